The van der Waals surface area contributed by atoms with Crippen molar-refractivity contribution in [2.75, 3.05) is 13.1 Å². The van der Waals surface area contributed by atoms with Gasteiger partial charge in [0.1, 0.15) is 6.17 Å². The number of aromatic nitrogens is 1. The molecule has 1 fully saturated rings. The van der Waals surface area contributed by atoms with Gasteiger partial charge in [0.2, 0.25) is 0 Å². The molecule has 1 aromatic rings. The van der Waals surface area contributed by atoms with Crippen LogP contribution in [0.5, 0.6) is 0 Å². The van der Waals surface area contributed by atoms with E-state index >= 15 is 0 Å². The molecule has 0 spiro atoms. The summed E-state index contributed by atoms with van der Waals surface area (Å²) >= 11 is 0. The smallest absolute Gasteiger partial charge is 0.114 e. The fourth-order valence-electron chi connectivity index (χ4n) is 1.97. The lowest BCUT2D eigenvalue weighted by molar-refractivity contribution is 0.280. The van der Waals surface area contributed by atoms with Crippen molar-refractivity contribution in [1.82, 2.24) is 9.88 Å². The number of hydrogen-bond acceptors (Lipinski definition) is 2. The number of pyridine rings is 1. The third-order valence-corrected chi connectivity index (χ3v) is 2.83. The number of alkyl halides is 1. The van der Waals surface area contributed by atoms with E-state index in [1.54, 1.807) is 0 Å². The number of hydrogen-bond donors (Lipinski definition) is 0. The Hall–Kier alpha value is -0.960. The molecular weight excluding hydrogens is 191 g/mol. The van der Waals surface area contributed by atoms with Crippen molar-refractivity contribution in [2.45, 2.75) is 32.5 Å². The molecule has 0 amide bonds. The molecule has 0 radical (unpaired) electrons. The van der Waals surface area contributed by atoms with E-state index in [9.17, 15) is 4.39 Å². The minimum absolute atomic E-state index is 0.567. The summed E-state index contributed by atoms with van der Waals surface area (Å²) < 4.78 is 13.0. The highest BCUT2D eigenvalue weighted by Gasteiger charge is 2.21. The van der Waals surface area contributed by atoms with Crippen molar-refractivity contribution in [3.8, 4) is 0 Å². The first-order valence-electron chi connectivity index (χ1n) is 5.59. The Labute approximate surface area is 90.1 Å². The first-order valence-corrected chi connectivity index (χ1v) is 5.59. The van der Waals surface area contributed by atoms with Crippen LogP contribution in [0, 0.1) is 0 Å². The van der Waals surface area contributed by atoms with Gasteiger partial charge in [-0.25, -0.2) is 4.39 Å². The average Bonchev–Trinajstić information content (AvgIpc) is 2.64. The number of rotatable bonds is 3. The Kier molecular flexibility index (Phi) is 3.31. The van der Waals surface area contributed by atoms with Gasteiger partial charge in [-0.15, -0.1) is 0 Å². The quantitative estimate of drug-likeness (QED) is 0.757. The standard InChI is InChI=1S/C12H17FN2/c1-2-11-4-3-5-12(14-11)9-15-7-6-10(13)8-15/h3-5,10H,2,6-9H2,1H3. The van der Waals surface area contributed by atoms with E-state index in [0.29, 0.717) is 13.0 Å². The molecule has 15 heavy (non-hydrogen) atoms. The summed E-state index contributed by atoms with van der Waals surface area (Å²) in [5, 5.41) is 0. The third kappa shape index (κ3) is 2.75. The Bertz CT molecular complexity index is 327. The lowest BCUT2D eigenvalue weighted by atomic mass is 10.2. The van der Waals surface area contributed by atoms with Gasteiger partial charge in [0.15, 0.2) is 0 Å². The Morgan fingerprint density at radius 2 is 2.27 bits per heavy atom. The van der Waals surface area contributed by atoms with Crippen molar-refractivity contribution in [3.63, 3.8) is 0 Å². The molecule has 1 saturated heterocycles. The van der Waals surface area contributed by atoms with Crippen LogP contribution in [-0.2, 0) is 13.0 Å². The molecule has 2 heterocycles. The van der Waals surface area contributed by atoms with Gasteiger partial charge >= 0.3 is 0 Å². The van der Waals surface area contributed by atoms with Crippen LogP contribution < -0.4 is 0 Å². The maximum Gasteiger partial charge on any atom is 0.114 e. The van der Waals surface area contributed by atoms with Crippen LogP contribution in [0.25, 0.3) is 0 Å². The second kappa shape index (κ2) is 4.71. The van der Waals surface area contributed by atoms with E-state index in [1.807, 2.05) is 18.2 Å². The molecule has 0 N–H and O–H groups in total. The number of nitrogens with zero attached hydrogens (tertiary/aromatic N) is 2. The maximum absolute atomic E-state index is 13.0. The zero-order valence-electron chi connectivity index (χ0n) is 9.12. The summed E-state index contributed by atoms with van der Waals surface area (Å²) in [6.45, 7) is 4.31. The third-order valence-electron chi connectivity index (χ3n) is 2.83. The molecule has 0 bridgehead atoms. The molecule has 2 rings (SSSR count). The van der Waals surface area contributed by atoms with Crippen molar-refractivity contribution in [1.29, 1.82) is 0 Å². The Morgan fingerprint density at radius 1 is 1.47 bits per heavy atom. The molecule has 3 heteroatoms. The molecule has 1 atom stereocenters. The minimum atomic E-state index is -0.639. The fourth-order valence-corrected chi connectivity index (χ4v) is 1.97. The summed E-state index contributed by atoms with van der Waals surface area (Å²) in [6.07, 6.45) is 0.993. The SMILES string of the molecule is CCc1cccc(CN2CCC(F)C2)n1. The molecule has 1 aliphatic rings. The average molecular weight is 208 g/mol. The van der Waals surface area contributed by atoms with Gasteiger partial charge in [-0.05, 0) is 25.0 Å². The molecule has 82 valence electrons. The first-order chi connectivity index (χ1) is 7.28. The van der Waals surface area contributed by atoms with E-state index in [2.05, 4.69) is 16.8 Å². The second-order valence-corrected chi connectivity index (χ2v) is 4.09. The van der Waals surface area contributed by atoms with Crippen LogP contribution in [-0.4, -0.2) is 29.1 Å². The predicted molar refractivity (Wildman–Crippen MR) is 58.4 cm³/mol. The Balaban J connectivity index is 1.98. The Morgan fingerprint density at radius 3 is 2.93 bits per heavy atom. The molecule has 1 aliphatic heterocycles. The van der Waals surface area contributed by atoms with Gasteiger partial charge < -0.3 is 0 Å². The summed E-state index contributed by atoms with van der Waals surface area (Å²) in [5.74, 6) is 0. The normalized spacial score (nSPS) is 22.1. The molecular formula is C12H17FN2. The van der Waals surface area contributed by atoms with Crippen LogP contribution in [0.2, 0.25) is 0 Å². The summed E-state index contributed by atoms with van der Waals surface area (Å²) in [6, 6.07) is 6.08. The van der Waals surface area contributed by atoms with Gasteiger partial charge in [-0.2, -0.15) is 0 Å². The van der Waals surface area contributed by atoms with Crippen molar-refractivity contribution >= 4 is 0 Å². The number of likely N-dealkylation sites (tertiary alicyclic amines) is 1. The van der Waals surface area contributed by atoms with Gasteiger partial charge in [0, 0.05) is 25.3 Å². The highest BCUT2D eigenvalue weighted by atomic mass is 19.1. The molecule has 0 aliphatic carbocycles. The highest BCUT2D eigenvalue weighted by molar-refractivity contribution is 5.11. The van der Waals surface area contributed by atoms with Crippen molar-refractivity contribution in [2.24, 2.45) is 0 Å². The zero-order valence-corrected chi connectivity index (χ0v) is 9.12. The van der Waals surface area contributed by atoms with E-state index < -0.39 is 6.17 Å². The van der Waals surface area contributed by atoms with Crippen molar-refractivity contribution in [3.05, 3.63) is 29.6 Å². The largest absolute Gasteiger partial charge is 0.295 e. The molecule has 0 saturated carbocycles. The summed E-state index contributed by atoms with van der Waals surface area (Å²) in [4.78, 5) is 6.65. The van der Waals surface area contributed by atoms with Crippen LogP contribution in [0.4, 0.5) is 4.39 Å². The zero-order chi connectivity index (χ0) is 10.7. The summed E-state index contributed by atoms with van der Waals surface area (Å²) in [5.41, 5.74) is 2.17. The van der Waals surface area contributed by atoms with E-state index in [0.717, 1.165) is 30.9 Å². The fraction of sp³-hybridized carbons (Fsp3) is 0.583. The van der Waals surface area contributed by atoms with Crippen LogP contribution in [0.3, 0.4) is 0 Å². The molecule has 2 nitrogen and oxygen atoms in total. The van der Waals surface area contributed by atoms with E-state index in [-0.39, 0.29) is 0 Å². The lowest BCUT2D eigenvalue weighted by Gasteiger charge is -2.14. The monoisotopic (exact) mass is 208 g/mol. The molecule has 1 unspecified atom stereocenters. The predicted octanol–water partition coefficient (Wildman–Crippen LogP) is 2.19. The lowest BCUT2D eigenvalue weighted by Crippen LogP contribution is -2.21. The highest BCUT2D eigenvalue weighted by Crippen LogP contribution is 2.14. The van der Waals surface area contributed by atoms with Crippen molar-refractivity contribution < 1.29 is 4.39 Å². The van der Waals surface area contributed by atoms with Gasteiger partial charge in [-0.1, -0.05) is 13.0 Å². The summed E-state index contributed by atoms with van der Waals surface area (Å²) in [7, 11) is 0. The van der Waals surface area contributed by atoms with Gasteiger partial charge in [0.05, 0.1) is 5.69 Å². The second-order valence-electron chi connectivity index (χ2n) is 4.09. The van der Waals surface area contributed by atoms with Crippen LogP contribution in [0.1, 0.15) is 24.7 Å². The molecule has 0 aromatic carbocycles. The number of aryl methyl sites for hydroxylation is 1. The van der Waals surface area contributed by atoms with E-state index in [1.165, 1.54) is 0 Å². The van der Waals surface area contributed by atoms with Crippen LogP contribution >= 0.6 is 0 Å². The minimum Gasteiger partial charge on any atom is -0.295 e. The van der Waals surface area contributed by atoms with Gasteiger partial charge in [0.25, 0.3) is 0 Å². The topological polar surface area (TPSA) is 16.1 Å². The maximum atomic E-state index is 13.0. The first kappa shape index (κ1) is 10.6. The molecule has 1 aromatic heterocycles. The van der Waals surface area contributed by atoms with E-state index in [4.69, 9.17) is 0 Å². The number of halogens is 1. The van der Waals surface area contributed by atoms with Crippen LogP contribution in [0.15, 0.2) is 18.2 Å². The van der Waals surface area contributed by atoms with Gasteiger partial charge in [-0.3, -0.25) is 9.88 Å².